The minimum absolute atomic E-state index is 0.138. The van der Waals surface area contributed by atoms with Gasteiger partial charge in [0, 0.05) is 13.1 Å². The number of carboxylic acids is 1. The van der Waals surface area contributed by atoms with Crippen molar-refractivity contribution in [3.05, 3.63) is 24.3 Å². The molecule has 0 radical (unpaired) electrons. The molecular weight excluding hydrogens is 331 g/mol. The Morgan fingerprint density at radius 3 is 2.42 bits per heavy atom. The van der Waals surface area contributed by atoms with Gasteiger partial charge in [-0.05, 0) is 12.1 Å². The van der Waals surface area contributed by atoms with Crippen LogP contribution in [-0.4, -0.2) is 53.9 Å². The van der Waals surface area contributed by atoms with Gasteiger partial charge in [-0.15, -0.1) is 0 Å². The number of fused-ring (bicyclic) bond motifs is 1. The molecule has 3 atom stereocenters. The van der Waals surface area contributed by atoms with E-state index in [1.807, 2.05) is 0 Å². The third kappa shape index (κ3) is 2.98. The third-order valence-corrected chi connectivity index (χ3v) is 4.15. The molecule has 0 saturated carbocycles. The normalized spacial score (nSPS) is 26.3. The van der Waals surface area contributed by atoms with Crippen molar-refractivity contribution in [2.75, 3.05) is 19.7 Å². The van der Waals surface area contributed by atoms with Crippen LogP contribution in [0.4, 0.5) is 13.2 Å². The van der Waals surface area contributed by atoms with Gasteiger partial charge in [-0.1, -0.05) is 12.1 Å². The smallest absolute Gasteiger partial charge is 0.394 e. The van der Waals surface area contributed by atoms with Crippen LogP contribution in [0.2, 0.25) is 0 Å². The Labute approximate surface area is 134 Å². The van der Waals surface area contributed by atoms with Crippen molar-refractivity contribution in [1.29, 1.82) is 0 Å². The Balaban J connectivity index is 1.73. The number of benzene rings is 1. The summed E-state index contributed by atoms with van der Waals surface area (Å²) in [4.78, 5) is 24.4. The molecule has 2 aliphatic heterocycles. The first-order valence-corrected chi connectivity index (χ1v) is 7.24. The first-order chi connectivity index (χ1) is 11.3. The number of para-hydroxylation sites is 2. The number of hydrogen-bond acceptors (Lipinski definition) is 4. The highest BCUT2D eigenvalue weighted by Gasteiger charge is 2.54. The first-order valence-electron chi connectivity index (χ1n) is 7.24. The second-order valence-electron chi connectivity index (χ2n) is 5.70. The van der Waals surface area contributed by atoms with Crippen molar-refractivity contribution in [2.45, 2.75) is 12.3 Å². The monoisotopic (exact) mass is 345 g/mol. The zero-order chi connectivity index (χ0) is 17.5. The number of aliphatic carboxylic acids is 1. The summed E-state index contributed by atoms with van der Waals surface area (Å²) in [6.07, 6.45) is -5.78. The standard InChI is InChI=1S/C15H14F3NO5/c16-15(17,18)9-6-19(5-8(9)14(21)22)13(20)12-7-23-10-3-1-2-4-11(10)24-12/h1-4,8-9,12H,5-7H2,(H,21,22)/t8-,9-,12?/m1/s1. The highest BCUT2D eigenvalue weighted by molar-refractivity contribution is 5.83. The lowest BCUT2D eigenvalue weighted by atomic mass is 9.96. The maximum atomic E-state index is 13.0. The predicted molar refractivity (Wildman–Crippen MR) is 73.6 cm³/mol. The van der Waals surface area contributed by atoms with Gasteiger partial charge in [0.15, 0.2) is 11.5 Å². The van der Waals surface area contributed by atoms with Crippen LogP contribution in [0.15, 0.2) is 24.3 Å². The molecule has 9 heteroatoms. The van der Waals surface area contributed by atoms with Crippen LogP contribution in [0.5, 0.6) is 11.5 Å². The topological polar surface area (TPSA) is 76.1 Å². The maximum absolute atomic E-state index is 13.0. The van der Waals surface area contributed by atoms with E-state index in [9.17, 15) is 22.8 Å². The quantitative estimate of drug-likeness (QED) is 0.880. The Morgan fingerprint density at radius 2 is 1.83 bits per heavy atom. The van der Waals surface area contributed by atoms with E-state index in [0.717, 1.165) is 4.90 Å². The minimum Gasteiger partial charge on any atom is -0.485 e. The summed E-state index contributed by atoms with van der Waals surface area (Å²) < 4.78 is 49.8. The summed E-state index contributed by atoms with van der Waals surface area (Å²) in [5.41, 5.74) is 0. The summed E-state index contributed by atoms with van der Waals surface area (Å²) in [5, 5.41) is 8.99. The average molecular weight is 345 g/mol. The van der Waals surface area contributed by atoms with E-state index in [0.29, 0.717) is 11.5 Å². The van der Waals surface area contributed by atoms with Gasteiger partial charge in [-0.2, -0.15) is 13.2 Å². The lowest BCUT2D eigenvalue weighted by Crippen LogP contribution is -2.46. The maximum Gasteiger partial charge on any atom is 0.394 e. The molecule has 24 heavy (non-hydrogen) atoms. The van der Waals surface area contributed by atoms with Gasteiger partial charge in [0.25, 0.3) is 5.91 Å². The fourth-order valence-corrected chi connectivity index (χ4v) is 2.91. The van der Waals surface area contributed by atoms with Gasteiger partial charge in [-0.25, -0.2) is 0 Å². The summed E-state index contributed by atoms with van der Waals surface area (Å²) in [5.74, 6) is -5.27. The second kappa shape index (κ2) is 5.88. The molecule has 1 fully saturated rings. The van der Waals surface area contributed by atoms with Gasteiger partial charge in [0.05, 0.1) is 11.8 Å². The Morgan fingerprint density at radius 1 is 1.17 bits per heavy atom. The van der Waals surface area contributed by atoms with Crippen LogP contribution < -0.4 is 9.47 Å². The van der Waals surface area contributed by atoms with Crippen LogP contribution in [0.1, 0.15) is 0 Å². The van der Waals surface area contributed by atoms with Gasteiger partial charge < -0.3 is 19.5 Å². The number of ether oxygens (including phenoxy) is 2. The van der Waals surface area contributed by atoms with E-state index < -0.39 is 49.1 Å². The number of halogens is 3. The second-order valence-corrected chi connectivity index (χ2v) is 5.70. The van der Waals surface area contributed by atoms with Crippen molar-refractivity contribution in [3.63, 3.8) is 0 Å². The van der Waals surface area contributed by atoms with Crippen molar-refractivity contribution in [2.24, 2.45) is 11.8 Å². The highest BCUT2D eigenvalue weighted by atomic mass is 19.4. The van der Waals surface area contributed by atoms with Crippen molar-refractivity contribution >= 4 is 11.9 Å². The number of carbonyl (C=O) groups is 2. The fourth-order valence-electron chi connectivity index (χ4n) is 2.91. The zero-order valence-corrected chi connectivity index (χ0v) is 12.3. The van der Waals surface area contributed by atoms with E-state index in [1.165, 1.54) is 0 Å². The number of likely N-dealkylation sites (tertiary alicyclic amines) is 1. The Bertz CT molecular complexity index is 663. The largest absolute Gasteiger partial charge is 0.485 e. The predicted octanol–water partition coefficient (Wildman–Crippen LogP) is 1.55. The fraction of sp³-hybridized carbons (Fsp3) is 0.467. The van der Waals surface area contributed by atoms with Crippen molar-refractivity contribution in [1.82, 2.24) is 4.90 Å². The molecule has 2 heterocycles. The molecule has 6 nitrogen and oxygen atoms in total. The molecule has 0 bridgehead atoms. The lowest BCUT2D eigenvalue weighted by molar-refractivity contribution is -0.188. The van der Waals surface area contributed by atoms with Crippen LogP contribution >= 0.6 is 0 Å². The Kier molecular flexibility index (Phi) is 4.02. The van der Waals surface area contributed by atoms with Crippen molar-refractivity contribution in [3.8, 4) is 11.5 Å². The number of nitrogens with zero attached hydrogens (tertiary/aromatic N) is 1. The molecule has 3 rings (SSSR count). The molecule has 0 aromatic heterocycles. The molecular formula is C15H14F3NO5. The molecule has 1 saturated heterocycles. The van der Waals surface area contributed by atoms with Gasteiger partial charge in [-0.3, -0.25) is 9.59 Å². The number of hydrogen-bond donors (Lipinski definition) is 1. The molecule has 1 aromatic carbocycles. The Hall–Kier alpha value is -2.45. The molecule has 1 aromatic rings. The van der Waals surface area contributed by atoms with Gasteiger partial charge in [0.2, 0.25) is 6.10 Å². The molecule has 0 spiro atoms. The van der Waals surface area contributed by atoms with Crippen molar-refractivity contribution < 1.29 is 37.3 Å². The van der Waals surface area contributed by atoms with Gasteiger partial charge >= 0.3 is 12.1 Å². The van der Waals surface area contributed by atoms with Gasteiger partial charge in [0.1, 0.15) is 6.61 Å². The molecule has 0 aliphatic carbocycles. The van der Waals surface area contributed by atoms with E-state index in [2.05, 4.69) is 0 Å². The van der Waals surface area contributed by atoms with Crippen LogP contribution in [0.25, 0.3) is 0 Å². The van der Waals surface area contributed by atoms with Crippen LogP contribution in [-0.2, 0) is 9.59 Å². The van der Waals surface area contributed by atoms with E-state index in [4.69, 9.17) is 14.6 Å². The summed E-state index contributed by atoms with van der Waals surface area (Å²) in [6.45, 7) is -1.33. The number of amides is 1. The number of alkyl halides is 3. The SMILES string of the molecule is O=C(O)[C@@H]1CN(C(=O)C2COc3ccccc3O2)C[C@H]1C(F)(F)F. The summed E-state index contributed by atoms with van der Waals surface area (Å²) >= 11 is 0. The summed E-state index contributed by atoms with van der Waals surface area (Å²) in [7, 11) is 0. The zero-order valence-electron chi connectivity index (χ0n) is 12.3. The van der Waals surface area contributed by atoms with E-state index >= 15 is 0 Å². The summed E-state index contributed by atoms with van der Waals surface area (Å²) in [6, 6.07) is 6.62. The lowest BCUT2D eigenvalue weighted by Gasteiger charge is -2.28. The van der Waals surface area contributed by atoms with Crippen LogP contribution in [0.3, 0.4) is 0 Å². The molecule has 1 amide bonds. The molecule has 130 valence electrons. The van der Waals surface area contributed by atoms with E-state index in [-0.39, 0.29) is 6.61 Å². The minimum atomic E-state index is -4.69. The average Bonchev–Trinajstić information content (AvgIpc) is 2.99. The first kappa shape index (κ1) is 16.4. The molecule has 2 aliphatic rings. The highest BCUT2D eigenvalue weighted by Crippen LogP contribution is 2.38. The number of carbonyl (C=O) groups excluding carboxylic acids is 1. The number of rotatable bonds is 2. The third-order valence-electron chi connectivity index (χ3n) is 4.15. The van der Waals surface area contributed by atoms with E-state index in [1.54, 1.807) is 24.3 Å². The number of carboxylic acid groups (broad SMARTS) is 1. The molecule has 1 N–H and O–H groups in total. The van der Waals surface area contributed by atoms with Crippen LogP contribution in [0, 0.1) is 11.8 Å². The molecule has 1 unspecified atom stereocenters.